The minimum absolute atomic E-state index is 0.0590. The van der Waals surface area contributed by atoms with E-state index in [0.29, 0.717) is 17.4 Å². The van der Waals surface area contributed by atoms with Gasteiger partial charge in [-0.3, -0.25) is 13.8 Å². The molecule has 0 fully saturated rings. The molecule has 0 aliphatic carbocycles. The number of quaternary nitrogens is 1. The number of hydrogen-bond acceptors (Lipinski definition) is 5. The van der Waals surface area contributed by atoms with Gasteiger partial charge in [0.15, 0.2) is 0 Å². The van der Waals surface area contributed by atoms with E-state index in [0.717, 1.165) is 38.5 Å². The van der Waals surface area contributed by atoms with Gasteiger partial charge in [-0.15, -0.1) is 0 Å². The van der Waals surface area contributed by atoms with Crippen LogP contribution in [0.15, 0.2) is 24.3 Å². The standard InChI is InChI=1S/C68H135N2O6P/c1-6-8-10-12-14-16-18-20-22-24-26-28-30-32-33-34-35-36-37-38-40-42-44-46-48-50-52-54-56-58-60-62-68(72)69-66(65-76-77(73,74)75-64-63-70(3,4)5)67(71)61-59-57-55-53-51-49-47-45-43-41-39-31-29-27-25-23-21-19-17-15-13-11-9-7-2/h51,53,59,61,66-67,71H,6-50,52,54-58,60,62-65H2,1-5H3,(H-,69,72,73,74)/p+1/b53-51+,61-59+. The summed E-state index contributed by atoms with van der Waals surface area (Å²) < 4.78 is 23.8. The molecule has 0 spiro atoms. The third kappa shape index (κ3) is 62.4. The zero-order chi connectivity index (χ0) is 56.3. The molecule has 0 aromatic heterocycles. The molecule has 0 aliphatic heterocycles. The second-order valence-electron chi connectivity index (χ2n) is 24.9. The first-order valence-corrected chi connectivity index (χ1v) is 35.7. The van der Waals surface area contributed by atoms with Crippen LogP contribution in [0.25, 0.3) is 0 Å². The lowest BCUT2D eigenvalue weighted by Crippen LogP contribution is -2.45. The van der Waals surface area contributed by atoms with E-state index in [2.05, 4.69) is 31.3 Å². The minimum Gasteiger partial charge on any atom is -0.387 e. The number of nitrogens with zero attached hydrogens (tertiary/aromatic N) is 1. The second kappa shape index (κ2) is 59.6. The number of likely N-dealkylation sites (N-methyl/N-ethyl adjacent to an activating group) is 1. The fourth-order valence-electron chi connectivity index (χ4n) is 10.6. The molecule has 9 heteroatoms. The summed E-state index contributed by atoms with van der Waals surface area (Å²) in [6, 6.07) is -0.861. The monoisotopic (exact) mass is 1110 g/mol. The van der Waals surface area contributed by atoms with Crippen LogP contribution in [0.3, 0.4) is 0 Å². The van der Waals surface area contributed by atoms with Crippen molar-refractivity contribution in [3.63, 3.8) is 0 Å². The Bertz CT molecular complexity index is 1300. The third-order valence-electron chi connectivity index (χ3n) is 15.9. The van der Waals surface area contributed by atoms with Gasteiger partial charge in [-0.1, -0.05) is 340 Å². The third-order valence-corrected chi connectivity index (χ3v) is 16.9. The van der Waals surface area contributed by atoms with Crippen LogP contribution >= 0.6 is 7.82 Å². The summed E-state index contributed by atoms with van der Waals surface area (Å²) in [6.07, 6.45) is 77.6. The maximum absolute atomic E-state index is 13.0. The molecule has 1 amide bonds. The van der Waals surface area contributed by atoms with Crippen molar-refractivity contribution in [2.75, 3.05) is 40.9 Å². The molecule has 0 aromatic rings. The molecule has 0 bridgehead atoms. The van der Waals surface area contributed by atoms with Crippen molar-refractivity contribution in [1.82, 2.24) is 5.32 Å². The number of allylic oxidation sites excluding steroid dienone is 3. The molecular formula is C68H136N2O6P+. The zero-order valence-corrected chi connectivity index (χ0v) is 53.4. The molecule has 0 saturated carbocycles. The van der Waals surface area contributed by atoms with Crippen LogP contribution in [0.1, 0.15) is 354 Å². The highest BCUT2D eigenvalue weighted by Crippen LogP contribution is 2.43. The fraction of sp³-hybridized carbons (Fsp3) is 0.926. The van der Waals surface area contributed by atoms with Gasteiger partial charge in [0.1, 0.15) is 13.2 Å². The molecule has 458 valence electrons. The average molecular weight is 1110 g/mol. The van der Waals surface area contributed by atoms with Gasteiger partial charge in [0.25, 0.3) is 0 Å². The van der Waals surface area contributed by atoms with E-state index in [4.69, 9.17) is 9.05 Å². The Hall–Kier alpha value is -1.02. The number of aliphatic hydroxyl groups is 1. The lowest BCUT2D eigenvalue weighted by molar-refractivity contribution is -0.870. The van der Waals surface area contributed by atoms with E-state index in [1.807, 2.05) is 27.2 Å². The minimum atomic E-state index is -4.36. The largest absolute Gasteiger partial charge is 0.472 e. The summed E-state index contributed by atoms with van der Waals surface area (Å²) in [4.78, 5) is 23.4. The lowest BCUT2D eigenvalue weighted by Gasteiger charge is -2.25. The van der Waals surface area contributed by atoms with Crippen LogP contribution < -0.4 is 5.32 Å². The molecular weight excluding hydrogens is 972 g/mol. The molecule has 0 heterocycles. The first-order chi connectivity index (χ1) is 37.5. The van der Waals surface area contributed by atoms with Crippen LogP contribution in [0.4, 0.5) is 0 Å². The highest BCUT2D eigenvalue weighted by atomic mass is 31.2. The van der Waals surface area contributed by atoms with Gasteiger partial charge in [-0.25, -0.2) is 4.57 Å². The number of rotatable bonds is 64. The Morgan fingerprint density at radius 2 is 0.714 bits per heavy atom. The Morgan fingerprint density at radius 3 is 1.04 bits per heavy atom. The SMILES string of the molecule is CCCCCCCCCCCCCCCCCCCC/C=C/CC/C=C/C(O)C(COP(=O)(O)OCC[N+](C)(C)C)NC(=O)CCCCCCCCCCCCCCCCCCCCCCCCCCCCCCCCC. The lowest BCUT2D eigenvalue weighted by atomic mass is 10.0. The van der Waals surface area contributed by atoms with Crippen molar-refractivity contribution in [3.05, 3.63) is 24.3 Å². The molecule has 0 aromatic carbocycles. The van der Waals surface area contributed by atoms with Gasteiger partial charge in [-0.05, 0) is 32.1 Å². The number of nitrogens with one attached hydrogen (secondary N) is 1. The Morgan fingerprint density at radius 1 is 0.429 bits per heavy atom. The Labute approximate surface area is 481 Å². The average Bonchev–Trinajstić information content (AvgIpc) is 3.39. The predicted molar refractivity (Wildman–Crippen MR) is 337 cm³/mol. The van der Waals surface area contributed by atoms with Gasteiger partial charge < -0.3 is 19.8 Å². The van der Waals surface area contributed by atoms with Gasteiger partial charge >= 0.3 is 7.82 Å². The molecule has 0 rings (SSSR count). The van der Waals surface area contributed by atoms with Gasteiger partial charge in [0, 0.05) is 6.42 Å². The van der Waals surface area contributed by atoms with Gasteiger partial charge in [-0.2, -0.15) is 0 Å². The van der Waals surface area contributed by atoms with Crippen molar-refractivity contribution in [1.29, 1.82) is 0 Å². The predicted octanol–water partition coefficient (Wildman–Crippen LogP) is 21.5. The number of amides is 1. The number of carbonyl (C=O) groups excluding carboxylic acids is 1. The van der Waals surface area contributed by atoms with Crippen molar-refractivity contribution >= 4 is 13.7 Å². The van der Waals surface area contributed by atoms with Gasteiger partial charge in [0.2, 0.25) is 5.91 Å². The van der Waals surface area contributed by atoms with Crippen LogP contribution in [0, 0.1) is 0 Å². The van der Waals surface area contributed by atoms with Crippen LogP contribution in [0.2, 0.25) is 0 Å². The summed E-state index contributed by atoms with van der Waals surface area (Å²) in [5.41, 5.74) is 0. The van der Waals surface area contributed by atoms with Gasteiger partial charge in [0.05, 0.1) is 39.9 Å². The summed E-state index contributed by atoms with van der Waals surface area (Å²) in [6.45, 7) is 4.86. The number of carbonyl (C=O) groups is 1. The molecule has 0 saturated heterocycles. The normalized spacial score (nSPS) is 13.8. The summed E-state index contributed by atoms with van der Waals surface area (Å²) in [7, 11) is 1.57. The maximum Gasteiger partial charge on any atom is 0.472 e. The summed E-state index contributed by atoms with van der Waals surface area (Å²) in [5.74, 6) is -0.178. The van der Waals surface area contributed by atoms with Crippen molar-refractivity contribution in [2.24, 2.45) is 0 Å². The number of phosphoric ester groups is 1. The number of aliphatic hydroxyl groups excluding tert-OH is 1. The van der Waals surface area contributed by atoms with Crippen LogP contribution in [0.5, 0.6) is 0 Å². The van der Waals surface area contributed by atoms with Crippen LogP contribution in [-0.4, -0.2) is 73.4 Å². The van der Waals surface area contributed by atoms with Crippen molar-refractivity contribution in [3.8, 4) is 0 Å². The Balaban J connectivity index is 4.06. The smallest absolute Gasteiger partial charge is 0.387 e. The van der Waals surface area contributed by atoms with Crippen molar-refractivity contribution < 1.29 is 32.9 Å². The van der Waals surface area contributed by atoms with E-state index < -0.39 is 20.0 Å². The number of phosphoric acid groups is 1. The van der Waals surface area contributed by atoms with E-state index >= 15 is 0 Å². The number of unbranched alkanes of at least 4 members (excludes halogenated alkanes) is 49. The first-order valence-electron chi connectivity index (χ1n) is 34.2. The van der Waals surface area contributed by atoms with E-state index in [1.165, 1.54) is 295 Å². The quantitative estimate of drug-likeness (QED) is 0.0243. The zero-order valence-electron chi connectivity index (χ0n) is 52.5. The number of hydrogen-bond donors (Lipinski definition) is 3. The second-order valence-corrected chi connectivity index (χ2v) is 26.4. The molecule has 3 N–H and O–H groups in total. The summed E-state index contributed by atoms with van der Waals surface area (Å²) >= 11 is 0. The molecule has 3 unspecified atom stereocenters. The molecule has 77 heavy (non-hydrogen) atoms. The highest BCUT2D eigenvalue weighted by molar-refractivity contribution is 7.47. The Kier molecular flexibility index (Phi) is 58.8. The van der Waals surface area contributed by atoms with E-state index in [-0.39, 0.29) is 19.1 Å². The molecule has 0 radical (unpaired) electrons. The fourth-order valence-corrected chi connectivity index (χ4v) is 11.3. The summed E-state index contributed by atoms with van der Waals surface area (Å²) in [5, 5.41) is 14.0. The van der Waals surface area contributed by atoms with Crippen molar-refractivity contribution in [2.45, 2.75) is 366 Å². The molecule has 8 nitrogen and oxygen atoms in total. The topological polar surface area (TPSA) is 105 Å². The molecule has 0 aliphatic rings. The first kappa shape index (κ1) is 76.0. The van der Waals surface area contributed by atoms with Crippen LogP contribution in [-0.2, 0) is 18.4 Å². The highest BCUT2D eigenvalue weighted by Gasteiger charge is 2.28. The maximum atomic E-state index is 13.0. The van der Waals surface area contributed by atoms with E-state index in [9.17, 15) is 19.4 Å². The molecule has 3 atom stereocenters. The van der Waals surface area contributed by atoms with E-state index in [1.54, 1.807) is 6.08 Å².